The van der Waals surface area contributed by atoms with E-state index in [1.807, 2.05) is 0 Å². The van der Waals surface area contributed by atoms with Gasteiger partial charge in [-0.2, -0.15) is 0 Å². The molecule has 42 heavy (non-hydrogen) atoms. The number of phenols is 2. The maximum atomic E-state index is 13.2. The topological polar surface area (TPSA) is 206 Å². The van der Waals surface area contributed by atoms with E-state index in [2.05, 4.69) is 0 Å². The van der Waals surface area contributed by atoms with Crippen LogP contribution in [-0.2, 0) is 16.1 Å². The molecular weight excluding hydrogens is 556 g/mol. The number of benzene rings is 3. The second-order valence-electron chi connectivity index (χ2n) is 9.44. The summed E-state index contributed by atoms with van der Waals surface area (Å²) in [7, 11) is 1.50. The minimum Gasteiger partial charge on any atom is -0.508 e. The number of hydrogen-bond donors (Lipinski definition) is 6. The average molecular weight is 583 g/mol. The van der Waals surface area contributed by atoms with Crippen molar-refractivity contribution < 1.29 is 58.8 Å². The molecule has 1 saturated heterocycles. The average Bonchev–Trinajstić information content (AvgIpc) is 2.96. The third-order valence-corrected chi connectivity index (χ3v) is 6.64. The summed E-state index contributed by atoms with van der Waals surface area (Å²) in [5, 5.41) is 60.8. The Morgan fingerprint density at radius 1 is 0.952 bits per heavy atom. The predicted molar refractivity (Wildman–Crippen MR) is 144 cm³/mol. The van der Waals surface area contributed by atoms with Crippen molar-refractivity contribution in [3.05, 3.63) is 76.5 Å². The number of fused-ring (bicyclic) bond motifs is 1. The fourth-order valence-corrected chi connectivity index (χ4v) is 4.46. The molecule has 1 fully saturated rings. The Balaban J connectivity index is 1.60. The Labute approximate surface area is 236 Å². The number of phenolic OH excluding ortho intramolecular Hbond substituents is 2. The van der Waals surface area contributed by atoms with Gasteiger partial charge in [0.15, 0.2) is 23.0 Å². The van der Waals surface area contributed by atoms with Crippen molar-refractivity contribution in [3.63, 3.8) is 0 Å². The van der Waals surface area contributed by atoms with Gasteiger partial charge in [-0.25, -0.2) is 4.79 Å². The van der Waals surface area contributed by atoms with Gasteiger partial charge in [-0.1, -0.05) is 12.1 Å². The van der Waals surface area contributed by atoms with Gasteiger partial charge >= 0.3 is 5.97 Å². The monoisotopic (exact) mass is 582 g/mol. The van der Waals surface area contributed by atoms with Gasteiger partial charge in [-0.05, 0) is 42.0 Å². The van der Waals surface area contributed by atoms with Crippen LogP contribution in [0, 0.1) is 0 Å². The zero-order valence-electron chi connectivity index (χ0n) is 21.9. The van der Waals surface area contributed by atoms with Gasteiger partial charge in [-0.3, -0.25) is 4.79 Å². The quantitative estimate of drug-likeness (QED) is 0.175. The van der Waals surface area contributed by atoms with Crippen LogP contribution in [0.5, 0.6) is 28.7 Å². The maximum absolute atomic E-state index is 13.2. The van der Waals surface area contributed by atoms with E-state index in [1.165, 1.54) is 31.4 Å². The van der Waals surface area contributed by atoms with E-state index in [-0.39, 0.29) is 34.8 Å². The van der Waals surface area contributed by atoms with Crippen molar-refractivity contribution in [3.8, 4) is 40.1 Å². The number of aliphatic hydroxyl groups excluding tert-OH is 3. The molecule has 0 bridgehead atoms. The molecule has 13 nitrogen and oxygen atoms in total. The molecule has 13 heteroatoms. The second kappa shape index (κ2) is 11.6. The van der Waals surface area contributed by atoms with Crippen LogP contribution in [0.4, 0.5) is 0 Å². The highest BCUT2D eigenvalue weighted by Crippen LogP contribution is 2.44. The summed E-state index contributed by atoms with van der Waals surface area (Å²) in [6.07, 6.45) is -9.67. The molecule has 1 aliphatic rings. The van der Waals surface area contributed by atoms with Crippen molar-refractivity contribution in [2.24, 2.45) is 0 Å². The number of aromatic hydroxyl groups is 2. The van der Waals surface area contributed by atoms with Gasteiger partial charge in [0, 0.05) is 17.7 Å². The van der Waals surface area contributed by atoms with Crippen LogP contribution >= 0.6 is 0 Å². The molecule has 0 spiro atoms. The van der Waals surface area contributed by atoms with Gasteiger partial charge in [-0.15, -0.1) is 0 Å². The van der Waals surface area contributed by atoms with E-state index in [4.69, 9.17) is 23.4 Å². The highest BCUT2D eigenvalue weighted by atomic mass is 16.7. The largest absolute Gasteiger partial charge is 0.508 e. The summed E-state index contributed by atoms with van der Waals surface area (Å²) in [5.74, 6) is -2.43. The third kappa shape index (κ3) is 5.53. The fourth-order valence-electron chi connectivity index (χ4n) is 4.46. The van der Waals surface area contributed by atoms with Crippen LogP contribution in [0.3, 0.4) is 0 Å². The molecule has 6 N–H and O–H groups in total. The zero-order valence-corrected chi connectivity index (χ0v) is 21.9. The van der Waals surface area contributed by atoms with Crippen molar-refractivity contribution >= 4 is 16.9 Å². The molecular formula is C29H26O13. The van der Waals surface area contributed by atoms with E-state index in [9.17, 15) is 40.2 Å². The Morgan fingerprint density at radius 2 is 1.69 bits per heavy atom. The first-order valence-corrected chi connectivity index (χ1v) is 12.6. The molecule has 5 rings (SSSR count). The van der Waals surface area contributed by atoms with Gasteiger partial charge in [0.2, 0.25) is 12.0 Å². The van der Waals surface area contributed by atoms with E-state index < -0.39 is 53.6 Å². The first-order chi connectivity index (χ1) is 20.1. The summed E-state index contributed by atoms with van der Waals surface area (Å²) in [4.78, 5) is 24.7. The molecule has 5 atom stereocenters. The van der Waals surface area contributed by atoms with E-state index >= 15 is 0 Å². The van der Waals surface area contributed by atoms with Crippen LogP contribution in [0.25, 0.3) is 22.3 Å². The van der Waals surface area contributed by atoms with Crippen LogP contribution in [0.2, 0.25) is 0 Å². The number of methoxy groups -OCH3 is 1. The number of ether oxygens (including phenoxy) is 4. The van der Waals surface area contributed by atoms with Crippen LogP contribution < -0.4 is 19.6 Å². The second-order valence-corrected chi connectivity index (χ2v) is 9.44. The summed E-state index contributed by atoms with van der Waals surface area (Å²) in [6.45, 7) is -0.230. The zero-order chi connectivity index (χ0) is 30.1. The molecule has 0 saturated carbocycles. The number of rotatable bonds is 8. The number of aliphatic hydroxyl groups is 3. The van der Waals surface area contributed by atoms with Crippen molar-refractivity contribution in [2.45, 2.75) is 37.3 Å². The Morgan fingerprint density at radius 3 is 2.36 bits per heavy atom. The van der Waals surface area contributed by atoms with E-state index in [0.29, 0.717) is 16.9 Å². The van der Waals surface area contributed by atoms with Crippen LogP contribution in [0.15, 0.2) is 69.9 Å². The molecule has 1 aromatic heterocycles. The number of carbonyl (C=O) groups is 1. The molecule has 5 unspecified atom stereocenters. The summed E-state index contributed by atoms with van der Waals surface area (Å²) in [5.41, 5.74) is 0.187. The maximum Gasteiger partial charge on any atom is 0.335 e. The van der Waals surface area contributed by atoms with E-state index in [1.54, 1.807) is 36.4 Å². The minimum absolute atomic E-state index is 0.0481. The normalized spacial score (nSPS) is 22.0. The summed E-state index contributed by atoms with van der Waals surface area (Å²) in [6, 6.07) is 15.0. The minimum atomic E-state index is -1.96. The molecule has 220 valence electrons. The van der Waals surface area contributed by atoms with E-state index in [0.717, 1.165) is 0 Å². The summed E-state index contributed by atoms with van der Waals surface area (Å²) >= 11 is 0. The lowest BCUT2D eigenvalue weighted by atomic mass is 9.99. The lowest BCUT2D eigenvalue weighted by molar-refractivity contribution is -0.271. The lowest BCUT2D eigenvalue weighted by Crippen LogP contribution is -2.61. The van der Waals surface area contributed by atoms with Gasteiger partial charge in [0.05, 0.1) is 7.11 Å². The predicted octanol–water partition coefficient (Wildman–Crippen LogP) is 1.73. The smallest absolute Gasteiger partial charge is 0.335 e. The summed E-state index contributed by atoms with van der Waals surface area (Å²) < 4.78 is 27.7. The van der Waals surface area contributed by atoms with Crippen LogP contribution in [-0.4, -0.2) is 74.4 Å². The lowest BCUT2D eigenvalue weighted by Gasteiger charge is -2.38. The number of carboxylic acid groups (broad SMARTS) is 1. The van der Waals surface area contributed by atoms with Gasteiger partial charge < -0.3 is 54.0 Å². The molecule has 1 aliphatic heterocycles. The molecule has 2 heterocycles. The molecule has 4 aromatic rings. The Hall–Kier alpha value is -4.82. The number of aliphatic carboxylic acids is 1. The third-order valence-electron chi connectivity index (χ3n) is 6.64. The molecule has 3 aromatic carbocycles. The molecule has 0 amide bonds. The van der Waals surface area contributed by atoms with Gasteiger partial charge in [0.25, 0.3) is 0 Å². The SMILES string of the molecule is COc1ccc(-c2cc(=O)c3c(O)c(OCc4cccc(O)c4)c(OC4OC(C(=O)O)C(O)C(O)C4O)cc3o2)cc1. The highest BCUT2D eigenvalue weighted by molar-refractivity contribution is 5.89. The molecule has 0 radical (unpaired) electrons. The fraction of sp³-hybridized carbons (Fsp3) is 0.241. The first-order valence-electron chi connectivity index (χ1n) is 12.6. The Bertz CT molecular complexity index is 1660. The first kappa shape index (κ1) is 28.7. The number of carboxylic acids is 1. The van der Waals surface area contributed by atoms with Gasteiger partial charge in [0.1, 0.15) is 53.1 Å². The highest BCUT2D eigenvalue weighted by Gasteiger charge is 2.48. The molecule has 0 aliphatic carbocycles. The van der Waals surface area contributed by atoms with Crippen molar-refractivity contribution in [1.29, 1.82) is 0 Å². The van der Waals surface area contributed by atoms with Crippen molar-refractivity contribution in [1.82, 2.24) is 0 Å². The van der Waals surface area contributed by atoms with Crippen LogP contribution in [0.1, 0.15) is 5.56 Å². The Kier molecular flexibility index (Phi) is 7.91. The number of hydrogen-bond acceptors (Lipinski definition) is 12. The van der Waals surface area contributed by atoms with Crippen molar-refractivity contribution in [2.75, 3.05) is 7.11 Å². The standard InChI is InChI=1S/C29H26O13/c1-38-16-7-5-14(6-8-16)18-10-17(31)21-19(40-18)11-20(26(22(21)32)39-12-13-3-2-4-15(30)9-13)41-29-25(35)23(33)24(34)27(42-29)28(36)37/h2-11,23-25,27,29-30,32-35H,12H2,1H3,(H,36,37).